The van der Waals surface area contributed by atoms with Crippen LogP contribution in [0.2, 0.25) is 6.04 Å². The van der Waals surface area contributed by atoms with Gasteiger partial charge in [-0.05, 0) is 30.7 Å². The third kappa shape index (κ3) is 3.35. The smallest absolute Gasteiger partial charge is 0.178 e. The summed E-state index contributed by atoms with van der Waals surface area (Å²) in [6, 6.07) is 7.57. The van der Waals surface area contributed by atoms with Gasteiger partial charge in [0.25, 0.3) is 0 Å². The van der Waals surface area contributed by atoms with Crippen molar-refractivity contribution in [3.05, 3.63) is 24.3 Å². The molecule has 0 aromatic heterocycles. The maximum atomic E-state index is 11.8. The molecule has 0 unspecified atom stereocenters. The van der Waals surface area contributed by atoms with E-state index in [4.69, 9.17) is 4.74 Å². The van der Waals surface area contributed by atoms with Gasteiger partial charge in [0.05, 0.1) is 17.8 Å². The van der Waals surface area contributed by atoms with Crippen molar-refractivity contribution in [3.63, 3.8) is 0 Å². The first-order valence-electron chi connectivity index (χ1n) is 4.97. The Hall–Kier alpha value is -0.813. The molecule has 5 heteroatoms. The molecular weight excluding hydrogens is 228 g/mol. The van der Waals surface area contributed by atoms with Gasteiger partial charge in [-0.25, -0.2) is 8.42 Å². The van der Waals surface area contributed by atoms with E-state index < -0.39 is 9.84 Å². The quantitative estimate of drug-likeness (QED) is 0.714. The molecule has 1 aromatic carbocycles. The lowest BCUT2D eigenvalue weighted by Crippen LogP contribution is -2.06. The highest BCUT2D eigenvalue weighted by molar-refractivity contribution is 7.91. The van der Waals surface area contributed by atoms with Crippen LogP contribution in [-0.2, 0) is 9.84 Å². The fourth-order valence-corrected chi connectivity index (χ4v) is 3.56. The van der Waals surface area contributed by atoms with Crippen molar-refractivity contribution in [2.24, 2.45) is 0 Å². The summed E-state index contributed by atoms with van der Waals surface area (Å²) in [6.45, 7) is 0. The Morgan fingerprint density at radius 1 is 1.27 bits per heavy atom. The molecule has 0 saturated heterocycles. The van der Waals surface area contributed by atoms with Gasteiger partial charge in [-0.1, -0.05) is 6.04 Å². The summed E-state index contributed by atoms with van der Waals surface area (Å²) in [7, 11) is -0.461. The molecule has 3 nitrogen and oxygen atoms in total. The Kier molecular flexibility index (Phi) is 4.35. The summed E-state index contributed by atoms with van der Waals surface area (Å²) in [5.74, 6) is 0.930. The van der Waals surface area contributed by atoms with Gasteiger partial charge in [0.1, 0.15) is 5.75 Å². The topological polar surface area (TPSA) is 43.4 Å². The van der Waals surface area contributed by atoms with Crippen LogP contribution < -0.4 is 4.74 Å². The molecule has 0 heterocycles. The molecule has 0 amide bonds. The first kappa shape index (κ1) is 12.3. The number of hydrogen-bond donors (Lipinski definition) is 0. The van der Waals surface area contributed by atoms with Crippen LogP contribution in [-0.4, -0.2) is 31.5 Å². The van der Waals surface area contributed by atoms with Crippen molar-refractivity contribution in [3.8, 4) is 5.75 Å². The molecule has 0 atom stereocenters. The van der Waals surface area contributed by atoms with Crippen molar-refractivity contribution in [2.75, 3.05) is 12.9 Å². The van der Waals surface area contributed by atoms with E-state index in [9.17, 15) is 8.42 Å². The van der Waals surface area contributed by atoms with Gasteiger partial charge in [-0.2, -0.15) is 0 Å². The van der Waals surface area contributed by atoms with E-state index in [0.29, 0.717) is 10.6 Å². The Morgan fingerprint density at radius 2 is 1.87 bits per heavy atom. The van der Waals surface area contributed by atoms with Crippen LogP contribution in [0.5, 0.6) is 5.75 Å². The molecule has 0 aliphatic heterocycles. The number of sulfone groups is 1. The van der Waals surface area contributed by atoms with Crippen molar-refractivity contribution < 1.29 is 13.2 Å². The van der Waals surface area contributed by atoms with E-state index in [1.807, 2.05) is 0 Å². The summed E-state index contributed by atoms with van der Waals surface area (Å²) in [5, 5.41) is 0. The monoisotopic (exact) mass is 244 g/mol. The Bertz CT molecular complexity index is 397. The minimum Gasteiger partial charge on any atom is -0.497 e. The molecule has 15 heavy (non-hydrogen) atoms. The SMILES string of the molecule is COc1ccc(S(=O)(=O)CCC[SiH3])cc1. The van der Waals surface area contributed by atoms with E-state index in [-0.39, 0.29) is 5.75 Å². The van der Waals surface area contributed by atoms with Crippen LogP contribution in [0.15, 0.2) is 29.2 Å². The number of rotatable bonds is 5. The van der Waals surface area contributed by atoms with Crippen molar-refractivity contribution in [1.82, 2.24) is 0 Å². The zero-order valence-electron chi connectivity index (χ0n) is 9.06. The minimum atomic E-state index is -3.08. The fourth-order valence-electron chi connectivity index (χ4n) is 1.24. The zero-order valence-corrected chi connectivity index (χ0v) is 11.9. The second-order valence-corrected chi connectivity index (χ2v) is 6.46. The molecular formula is C10H16O3SSi. The predicted molar refractivity (Wildman–Crippen MR) is 64.4 cm³/mol. The maximum absolute atomic E-state index is 11.8. The Balaban J connectivity index is 2.86. The molecule has 0 aliphatic rings. The molecule has 0 saturated carbocycles. The van der Waals surface area contributed by atoms with E-state index >= 15 is 0 Å². The summed E-state index contributed by atoms with van der Waals surface area (Å²) in [5.41, 5.74) is 0. The Morgan fingerprint density at radius 3 is 2.33 bits per heavy atom. The zero-order chi connectivity index (χ0) is 11.3. The lowest BCUT2D eigenvalue weighted by molar-refractivity contribution is 0.414. The van der Waals surface area contributed by atoms with Crippen LogP contribution in [0.4, 0.5) is 0 Å². The summed E-state index contributed by atoms with van der Waals surface area (Å²) < 4.78 is 28.5. The molecule has 0 spiro atoms. The molecule has 1 aromatic rings. The predicted octanol–water partition coefficient (Wildman–Crippen LogP) is 0.643. The highest BCUT2D eigenvalue weighted by Gasteiger charge is 2.12. The summed E-state index contributed by atoms with van der Waals surface area (Å²) in [4.78, 5) is 0.387. The average molecular weight is 244 g/mol. The lowest BCUT2D eigenvalue weighted by atomic mass is 10.3. The van der Waals surface area contributed by atoms with Crippen molar-refractivity contribution in [1.29, 1.82) is 0 Å². The van der Waals surface area contributed by atoms with E-state index in [2.05, 4.69) is 0 Å². The summed E-state index contributed by atoms with van der Waals surface area (Å²) in [6.07, 6.45) is 0.764. The van der Waals surface area contributed by atoms with Crippen LogP contribution >= 0.6 is 0 Å². The van der Waals surface area contributed by atoms with Gasteiger partial charge >= 0.3 is 0 Å². The number of ether oxygens (including phenoxy) is 1. The van der Waals surface area contributed by atoms with Gasteiger partial charge in [0, 0.05) is 10.2 Å². The first-order valence-corrected chi connectivity index (χ1v) is 8.03. The van der Waals surface area contributed by atoms with Gasteiger partial charge < -0.3 is 4.74 Å². The molecule has 0 fully saturated rings. The van der Waals surface area contributed by atoms with Crippen LogP contribution in [0.3, 0.4) is 0 Å². The Labute approximate surface area is 93.8 Å². The van der Waals surface area contributed by atoms with Gasteiger partial charge in [-0.15, -0.1) is 0 Å². The highest BCUT2D eigenvalue weighted by atomic mass is 32.2. The minimum absolute atomic E-state index is 0.253. The normalized spacial score (nSPS) is 11.5. The second kappa shape index (κ2) is 5.32. The molecule has 84 valence electrons. The molecule has 0 aliphatic carbocycles. The third-order valence-corrected chi connectivity index (χ3v) is 4.71. The molecule has 0 radical (unpaired) electrons. The van der Waals surface area contributed by atoms with Gasteiger partial charge in [0.2, 0.25) is 0 Å². The molecule has 0 N–H and O–H groups in total. The van der Waals surface area contributed by atoms with Crippen molar-refractivity contribution >= 4 is 20.1 Å². The maximum Gasteiger partial charge on any atom is 0.178 e. The third-order valence-electron chi connectivity index (χ3n) is 2.19. The number of hydrogen-bond acceptors (Lipinski definition) is 3. The van der Waals surface area contributed by atoms with Crippen LogP contribution in [0.1, 0.15) is 6.42 Å². The second-order valence-electron chi connectivity index (χ2n) is 3.35. The fraction of sp³-hybridized carbons (Fsp3) is 0.400. The van der Waals surface area contributed by atoms with E-state index in [0.717, 1.165) is 22.7 Å². The van der Waals surface area contributed by atoms with E-state index in [1.165, 1.54) is 0 Å². The van der Waals surface area contributed by atoms with E-state index in [1.54, 1.807) is 31.4 Å². The van der Waals surface area contributed by atoms with Crippen LogP contribution in [0.25, 0.3) is 0 Å². The number of methoxy groups -OCH3 is 1. The van der Waals surface area contributed by atoms with Gasteiger partial charge in [0.15, 0.2) is 9.84 Å². The van der Waals surface area contributed by atoms with Gasteiger partial charge in [-0.3, -0.25) is 0 Å². The number of benzene rings is 1. The summed E-state index contributed by atoms with van der Waals surface area (Å²) >= 11 is 0. The average Bonchev–Trinajstić information content (AvgIpc) is 2.26. The molecule has 0 bridgehead atoms. The lowest BCUT2D eigenvalue weighted by Gasteiger charge is -2.04. The largest absolute Gasteiger partial charge is 0.497 e. The standard InChI is InChI=1S/C10H16O3SSi/c1-13-9-3-5-10(6-4-9)14(11,12)7-2-8-15/h3-6H,2,7-8H2,1,15H3. The molecule has 1 rings (SSSR count). The van der Waals surface area contributed by atoms with Crippen molar-refractivity contribution in [2.45, 2.75) is 17.4 Å². The highest BCUT2D eigenvalue weighted by Crippen LogP contribution is 2.17. The first-order chi connectivity index (χ1) is 7.10. The van der Waals surface area contributed by atoms with Crippen LogP contribution in [0, 0.1) is 0 Å².